The molecular weight excluding hydrogens is 178 g/mol. The zero-order valence-electron chi connectivity index (χ0n) is 9.23. The smallest absolute Gasteiger partial charge is 0.00684 e. The lowest BCUT2D eigenvalue weighted by atomic mass is 9.88. The molecule has 1 fully saturated rings. The van der Waals surface area contributed by atoms with Gasteiger partial charge in [0.2, 0.25) is 0 Å². The van der Waals surface area contributed by atoms with Crippen molar-refractivity contribution in [2.75, 3.05) is 18.6 Å². The van der Waals surface area contributed by atoms with E-state index in [-0.39, 0.29) is 0 Å². The average molecular weight is 201 g/mol. The molecule has 0 aromatic rings. The summed E-state index contributed by atoms with van der Waals surface area (Å²) >= 11 is 1.96. The normalized spacial score (nSPS) is 17.8. The first-order valence-electron chi connectivity index (χ1n) is 5.36. The van der Waals surface area contributed by atoms with Gasteiger partial charge in [0.1, 0.15) is 0 Å². The SMILES string of the molecule is CSCCCC(C)(C)CNC1CC1. The summed E-state index contributed by atoms with van der Waals surface area (Å²) in [6.07, 6.45) is 7.71. The number of rotatable bonds is 7. The summed E-state index contributed by atoms with van der Waals surface area (Å²) in [4.78, 5) is 0. The summed E-state index contributed by atoms with van der Waals surface area (Å²) in [5.41, 5.74) is 0.498. The lowest BCUT2D eigenvalue weighted by molar-refractivity contribution is 0.311. The van der Waals surface area contributed by atoms with Crippen molar-refractivity contribution in [2.24, 2.45) is 5.41 Å². The van der Waals surface area contributed by atoms with Crippen LogP contribution in [0.25, 0.3) is 0 Å². The third kappa shape index (κ3) is 5.58. The quantitative estimate of drug-likeness (QED) is 0.636. The highest BCUT2D eigenvalue weighted by molar-refractivity contribution is 7.98. The molecule has 1 rings (SSSR count). The molecule has 2 heteroatoms. The summed E-state index contributed by atoms with van der Waals surface area (Å²) in [6.45, 7) is 5.96. The van der Waals surface area contributed by atoms with Crippen molar-refractivity contribution in [2.45, 2.75) is 45.6 Å². The molecule has 0 amide bonds. The molecule has 1 saturated carbocycles. The van der Waals surface area contributed by atoms with Gasteiger partial charge >= 0.3 is 0 Å². The van der Waals surface area contributed by atoms with Gasteiger partial charge in [-0.1, -0.05) is 13.8 Å². The average Bonchev–Trinajstić information content (AvgIpc) is 2.84. The van der Waals surface area contributed by atoms with E-state index in [1.54, 1.807) is 0 Å². The van der Waals surface area contributed by atoms with Gasteiger partial charge in [0.05, 0.1) is 0 Å². The molecule has 0 aliphatic heterocycles. The molecule has 1 nitrogen and oxygen atoms in total. The summed E-state index contributed by atoms with van der Waals surface area (Å²) in [5.74, 6) is 1.31. The van der Waals surface area contributed by atoms with Gasteiger partial charge in [-0.25, -0.2) is 0 Å². The van der Waals surface area contributed by atoms with Crippen LogP contribution in [0.1, 0.15) is 39.5 Å². The van der Waals surface area contributed by atoms with E-state index in [1.807, 2.05) is 11.8 Å². The zero-order valence-corrected chi connectivity index (χ0v) is 10.0. The maximum absolute atomic E-state index is 3.62. The Morgan fingerprint density at radius 3 is 2.62 bits per heavy atom. The molecule has 0 radical (unpaired) electrons. The van der Waals surface area contributed by atoms with Crippen molar-refractivity contribution in [1.82, 2.24) is 5.32 Å². The van der Waals surface area contributed by atoms with Gasteiger partial charge in [-0.05, 0) is 43.1 Å². The van der Waals surface area contributed by atoms with Crippen LogP contribution < -0.4 is 5.32 Å². The topological polar surface area (TPSA) is 12.0 Å². The minimum atomic E-state index is 0.498. The Balaban J connectivity index is 2.03. The Morgan fingerprint density at radius 1 is 1.38 bits per heavy atom. The fraction of sp³-hybridized carbons (Fsp3) is 1.00. The van der Waals surface area contributed by atoms with Gasteiger partial charge < -0.3 is 5.32 Å². The van der Waals surface area contributed by atoms with E-state index >= 15 is 0 Å². The third-order valence-corrected chi connectivity index (χ3v) is 3.35. The van der Waals surface area contributed by atoms with Gasteiger partial charge in [-0.15, -0.1) is 0 Å². The van der Waals surface area contributed by atoms with Crippen molar-refractivity contribution >= 4 is 11.8 Å². The van der Waals surface area contributed by atoms with Crippen LogP contribution in [0.5, 0.6) is 0 Å². The maximum Gasteiger partial charge on any atom is 0.00684 e. The number of hydrogen-bond donors (Lipinski definition) is 1. The molecule has 0 aromatic carbocycles. The van der Waals surface area contributed by atoms with Gasteiger partial charge in [-0.3, -0.25) is 0 Å². The molecule has 78 valence electrons. The van der Waals surface area contributed by atoms with Gasteiger partial charge in [0.15, 0.2) is 0 Å². The number of hydrogen-bond acceptors (Lipinski definition) is 2. The largest absolute Gasteiger partial charge is 0.313 e. The fourth-order valence-corrected chi connectivity index (χ4v) is 1.92. The predicted molar refractivity (Wildman–Crippen MR) is 62.4 cm³/mol. The number of thioether (sulfide) groups is 1. The molecule has 0 bridgehead atoms. The van der Waals surface area contributed by atoms with E-state index in [0.717, 1.165) is 6.04 Å². The van der Waals surface area contributed by atoms with E-state index in [2.05, 4.69) is 25.4 Å². The molecule has 0 unspecified atom stereocenters. The van der Waals surface area contributed by atoms with E-state index < -0.39 is 0 Å². The van der Waals surface area contributed by atoms with Crippen LogP contribution in [0.4, 0.5) is 0 Å². The second-order valence-corrected chi connectivity index (χ2v) is 5.90. The Bertz CT molecular complexity index is 141. The molecule has 0 spiro atoms. The summed E-state index contributed by atoms with van der Waals surface area (Å²) in [7, 11) is 0. The second kappa shape index (κ2) is 5.26. The van der Waals surface area contributed by atoms with Crippen LogP contribution in [0.15, 0.2) is 0 Å². The molecular formula is C11H23NS. The van der Waals surface area contributed by atoms with Crippen molar-refractivity contribution in [1.29, 1.82) is 0 Å². The molecule has 0 atom stereocenters. The van der Waals surface area contributed by atoms with E-state index in [1.165, 1.54) is 38.0 Å². The minimum Gasteiger partial charge on any atom is -0.313 e. The Labute approximate surface area is 87.1 Å². The highest BCUT2D eigenvalue weighted by atomic mass is 32.2. The van der Waals surface area contributed by atoms with Crippen LogP contribution in [-0.2, 0) is 0 Å². The van der Waals surface area contributed by atoms with Gasteiger partial charge in [0.25, 0.3) is 0 Å². The van der Waals surface area contributed by atoms with Crippen molar-refractivity contribution in [3.05, 3.63) is 0 Å². The first-order valence-corrected chi connectivity index (χ1v) is 6.76. The van der Waals surface area contributed by atoms with Crippen molar-refractivity contribution < 1.29 is 0 Å². The summed E-state index contributed by atoms with van der Waals surface area (Å²) in [5, 5.41) is 3.62. The second-order valence-electron chi connectivity index (χ2n) is 4.92. The minimum absolute atomic E-state index is 0.498. The van der Waals surface area contributed by atoms with Gasteiger partial charge in [0, 0.05) is 12.6 Å². The lowest BCUT2D eigenvalue weighted by Crippen LogP contribution is -2.30. The maximum atomic E-state index is 3.62. The molecule has 1 aliphatic carbocycles. The van der Waals surface area contributed by atoms with Crippen LogP contribution in [0.2, 0.25) is 0 Å². The molecule has 0 heterocycles. The predicted octanol–water partition coefficient (Wildman–Crippen LogP) is 2.91. The Hall–Kier alpha value is 0.310. The molecule has 1 aliphatic rings. The fourth-order valence-electron chi connectivity index (χ4n) is 1.49. The molecule has 1 N–H and O–H groups in total. The molecule has 0 saturated heterocycles. The van der Waals surface area contributed by atoms with E-state index in [4.69, 9.17) is 0 Å². The standard InChI is InChI=1S/C11H23NS/c1-11(2,7-4-8-13-3)9-12-10-5-6-10/h10,12H,4-9H2,1-3H3. The summed E-state index contributed by atoms with van der Waals surface area (Å²) < 4.78 is 0. The van der Waals surface area contributed by atoms with Crippen molar-refractivity contribution in [3.63, 3.8) is 0 Å². The first kappa shape index (κ1) is 11.4. The van der Waals surface area contributed by atoms with Crippen LogP contribution >= 0.6 is 11.8 Å². The van der Waals surface area contributed by atoms with Crippen LogP contribution in [0.3, 0.4) is 0 Å². The first-order chi connectivity index (χ1) is 6.14. The van der Waals surface area contributed by atoms with E-state index in [0.29, 0.717) is 5.41 Å². The number of nitrogens with one attached hydrogen (secondary N) is 1. The van der Waals surface area contributed by atoms with Crippen LogP contribution in [0, 0.1) is 5.41 Å². The van der Waals surface area contributed by atoms with Gasteiger partial charge in [-0.2, -0.15) is 11.8 Å². The Kier molecular flexibility index (Phi) is 4.60. The van der Waals surface area contributed by atoms with Crippen molar-refractivity contribution in [3.8, 4) is 0 Å². The lowest BCUT2D eigenvalue weighted by Gasteiger charge is -2.24. The third-order valence-electron chi connectivity index (χ3n) is 2.65. The molecule has 0 aromatic heterocycles. The van der Waals surface area contributed by atoms with E-state index in [9.17, 15) is 0 Å². The summed E-state index contributed by atoms with van der Waals surface area (Å²) in [6, 6.07) is 0.861. The highest BCUT2D eigenvalue weighted by Gasteiger charge is 2.24. The highest BCUT2D eigenvalue weighted by Crippen LogP contribution is 2.25. The monoisotopic (exact) mass is 201 g/mol. The van der Waals surface area contributed by atoms with Crippen LogP contribution in [-0.4, -0.2) is 24.6 Å². The molecule has 13 heavy (non-hydrogen) atoms. The zero-order chi connectivity index (χ0) is 9.73. The Morgan fingerprint density at radius 2 is 2.08 bits per heavy atom.